The summed E-state index contributed by atoms with van der Waals surface area (Å²) in [5.74, 6) is -0.892. The van der Waals surface area contributed by atoms with Crippen molar-refractivity contribution in [1.82, 2.24) is 9.13 Å². The number of nitrogens with zero attached hydrogens (tertiary/aromatic N) is 3. The SMILES string of the molecule is CCn1c(=O)c(C(=O)CNc2ccc(Cl)c([N+](=O)[O-])c2)c(N)n(Cc2ccccc2)c1=O. The van der Waals surface area contributed by atoms with Crippen LogP contribution in [0.25, 0.3) is 0 Å². The van der Waals surface area contributed by atoms with E-state index in [1.54, 1.807) is 31.2 Å². The normalized spacial score (nSPS) is 10.7. The van der Waals surface area contributed by atoms with Gasteiger partial charge in [0.25, 0.3) is 11.2 Å². The van der Waals surface area contributed by atoms with E-state index in [4.69, 9.17) is 17.3 Å². The summed E-state index contributed by atoms with van der Waals surface area (Å²) in [5.41, 5.74) is 5.10. The molecule has 1 aromatic heterocycles. The lowest BCUT2D eigenvalue weighted by molar-refractivity contribution is -0.384. The van der Waals surface area contributed by atoms with Crippen molar-refractivity contribution in [1.29, 1.82) is 0 Å². The number of carbonyl (C=O) groups excluding carboxylic acids is 1. The Morgan fingerprint density at radius 2 is 1.84 bits per heavy atom. The average molecular weight is 458 g/mol. The first kappa shape index (κ1) is 22.8. The number of Topliss-reactive ketones (excluding diaryl/α,β-unsaturated/α-hetero) is 1. The fraction of sp³-hybridized carbons (Fsp3) is 0.190. The Balaban J connectivity index is 1.96. The van der Waals surface area contributed by atoms with E-state index in [0.717, 1.165) is 10.1 Å². The third kappa shape index (κ3) is 4.54. The molecule has 0 saturated carbocycles. The van der Waals surface area contributed by atoms with Gasteiger partial charge in [-0.2, -0.15) is 0 Å². The average Bonchev–Trinajstić information content (AvgIpc) is 2.77. The molecule has 3 aromatic rings. The van der Waals surface area contributed by atoms with Gasteiger partial charge in [-0.15, -0.1) is 0 Å². The number of nitro groups is 1. The van der Waals surface area contributed by atoms with Crippen LogP contribution in [0.15, 0.2) is 58.1 Å². The number of nitrogens with one attached hydrogen (secondary N) is 1. The quantitative estimate of drug-likeness (QED) is 0.300. The lowest BCUT2D eigenvalue weighted by Gasteiger charge is -2.16. The summed E-state index contributed by atoms with van der Waals surface area (Å²) in [6.45, 7) is 1.39. The first-order valence-corrected chi connectivity index (χ1v) is 10.0. The third-order valence-corrected chi connectivity index (χ3v) is 5.16. The van der Waals surface area contributed by atoms with E-state index in [1.165, 1.54) is 22.8 Å². The van der Waals surface area contributed by atoms with E-state index in [2.05, 4.69) is 5.32 Å². The molecule has 0 radical (unpaired) electrons. The zero-order valence-electron chi connectivity index (χ0n) is 17.1. The fourth-order valence-corrected chi connectivity index (χ4v) is 3.39. The van der Waals surface area contributed by atoms with Crippen molar-refractivity contribution in [3.8, 4) is 0 Å². The highest BCUT2D eigenvalue weighted by Gasteiger charge is 2.22. The zero-order chi connectivity index (χ0) is 23.4. The Morgan fingerprint density at radius 3 is 2.47 bits per heavy atom. The Morgan fingerprint density at radius 1 is 1.16 bits per heavy atom. The van der Waals surface area contributed by atoms with Gasteiger partial charge in [0.15, 0.2) is 5.78 Å². The van der Waals surface area contributed by atoms with Crippen LogP contribution < -0.4 is 22.3 Å². The monoisotopic (exact) mass is 457 g/mol. The van der Waals surface area contributed by atoms with Crippen LogP contribution in [0, 0.1) is 10.1 Å². The van der Waals surface area contributed by atoms with Gasteiger partial charge in [0, 0.05) is 18.3 Å². The van der Waals surface area contributed by atoms with E-state index in [-0.39, 0.29) is 47.4 Å². The molecule has 0 fully saturated rings. The van der Waals surface area contributed by atoms with Gasteiger partial charge in [0.2, 0.25) is 0 Å². The fourth-order valence-electron chi connectivity index (χ4n) is 3.21. The summed E-state index contributed by atoms with van der Waals surface area (Å²) in [7, 11) is 0. The van der Waals surface area contributed by atoms with Crippen LogP contribution in [0.2, 0.25) is 5.02 Å². The number of anilines is 2. The standard InChI is InChI=1S/C21H20ClN5O5/c1-2-25-20(29)18(19(23)26(21(25)30)12-13-6-4-3-5-7-13)17(28)11-24-14-8-9-15(22)16(10-14)27(31)32/h3-10,24H,2,11-12,23H2,1H3. The number of hydrogen-bond donors (Lipinski definition) is 2. The maximum absolute atomic E-state index is 12.9. The molecular formula is C21H20ClN5O5. The second-order valence-corrected chi connectivity index (χ2v) is 7.27. The minimum atomic E-state index is -0.784. The second kappa shape index (κ2) is 9.48. The van der Waals surface area contributed by atoms with Crippen LogP contribution in [0.5, 0.6) is 0 Å². The molecule has 0 atom stereocenters. The van der Waals surface area contributed by atoms with Gasteiger partial charge in [-0.25, -0.2) is 4.79 Å². The molecule has 0 spiro atoms. The van der Waals surface area contributed by atoms with Gasteiger partial charge in [-0.3, -0.25) is 28.8 Å². The van der Waals surface area contributed by atoms with Crippen LogP contribution in [-0.2, 0) is 13.1 Å². The first-order chi connectivity index (χ1) is 15.2. The van der Waals surface area contributed by atoms with Crippen molar-refractivity contribution in [3.05, 3.63) is 95.6 Å². The first-order valence-electron chi connectivity index (χ1n) is 9.62. The van der Waals surface area contributed by atoms with E-state index in [9.17, 15) is 24.5 Å². The topological polar surface area (TPSA) is 142 Å². The van der Waals surface area contributed by atoms with Gasteiger partial charge in [0.1, 0.15) is 16.4 Å². The van der Waals surface area contributed by atoms with Crippen molar-refractivity contribution < 1.29 is 9.72 Å². The molecule has 0 unspecified atom stereocenters. The number of nitrogens with two attached hydrogens (primary N) is 1. The second-order valence-electron chi connectivity index (χ2n) is 6.86. The van der Waals surface area contributed by atoms with Crippen molar-refractivity contribution in [2.75, 3.05) is 17.6 Å². The van der Waals surface area contributed by atoms with Crippen LogP contribution >= 0.6 is 11.6 Å². The number of hydrogen-bond acceptors (Lipinski definition) is 7. The van der Waals surface area contributed by atoms with E-state index in [0.29, 0.717) is 0 Å². The van der Waals surface area contributed by atoms with Gasteiger partial charge in [-0.1, -0.05) is 41.9 Å². The van der Waals surface area contributed by atoms with Crippen LogP contribution in [-0.4, -0.2) is 26.4 Å². The van der Waals surface area contributed by atoms with Crippen LogP contribution in [0.3, 0.4) is 0 Å². The molecule has 0 aliphatic heterocycles. The maximum Gasteiger partial charge on any atom is 0.332 e. The number of benzene rings is 2. The molecule has 10 nitrogen and oxygen atoms in total. The Bertz CT molecular complexity index is 1300. The Hall–Kier alpha value is -3.92. The molecule has 2 aromatic carbocycles. The lowest BCUT2D eigenvalue weighted by atomic mass is 10.1. The molecular weight excluding hydrogens is 438 g/mol. The molecule has 11 heteroatoms. The molecule has 0 aliphatic carbocycles. The zero-order valence-corrected chi connectivity index (χ0v) is 17.8. The molecule has 0 saturated heterocycles. The molecule has 3 N–H and O–H groups in total. The summed E-state index contributed by atoms with van der Waals surface area (Å²) in [4.78, 5) is 48.9. The number of carbonyl (C=O) groups is 1. The highest BCUT2D eigenvalue weighted by molar-refractivity contribution is 6.32. The van der Waals surface area contributed by atoms with Crippen LogP contribution in [0.1, 0.15) is 22.8 Å². The summed E-state index contributed by atoms with van der Waals surface area (Å²) in [5, 5.41) is 13.7. The van der Waals surface area contributed by atoms with Gasteiger partial charge < -0.3 is 11.1 Å². The molecule has 1 heterocycles. The predicted molar refractivity (Wildman–Crippen MR) is 122 cm³/mol. The molecule has 166 valence electrons. The smallest absolute Gasteiger partial charge is 0.332 e. The summed E-state index contributed by atoms with van der Waals surface area (Å²) < 4.78 is 2.13. The highest BCUT2D eigenvalue weighted by atomic mass is 35.5. The third-order valence-electron chi connectivity index (χ3n) is 4.84. The number of rotatable bonds is 8. The number of halogens is 1. The van der Waals surface area contributed by atoms with Gasteiger partial charge in [0.05, 0.1) is 18.0 Å². The van der Waals surface area contributed by atoms with Crippen molar-refractivity contribution in [2.45, 2.75) is 20.0 Å². The predicted octanol–water partition coefficient (Wildman–Crippen LogP) is 2.52. The molecule has 0 bridgehead atoms. The summed E-state index contributed by atoms with van der Waals surface area (Å²) in [6.07, 6.45) is 0. The van der Waals surface area contributed by atoms with Gasteiger partial charge >= 0.3 is 5.69 Å². The minimum Gasteiger partial charge on any atom is -0.384 e. The number of nitrogen functional groups attached to an aromatic ring is 1. The molecule has 0 amide bonds. The van der Waals surface area contributed by atoms with E-state index >= 15 is 0 Å². The lowest BCUT2D eigenvalue weighted by Crippen LogP contribution is -2.44. The van der Waals surface area contributed by atoms with E-state index in [1.807, 2.05) is 6.07 Å². The summed E-state index contributed by atoms with van der Waals surface area (Å²) in [6, 6.07) is 13.0. The largest absolute Gasteiger partial charge is 0.384 e. The molecule has 0 aliphatic rings. The van der Waals surface area contributed by atoms with Crippen molar-refractivity contribution in [2.24, 2.45) is 0 Å². The Labute approximate surface area is 187 Å². The van der Waals surface area contributed by atoms with Crippen LogP contribution in [0.4, 0.5) is 17.2 Å². The number of ketones is 1. The highest BCUT2D eigenvalue weighted by Crippen LogP contribution is 2.27. The number of aromatic nitrogens is 2. The Kier molecular flexibility index (Phi) is 6.74. The van der Waals surface area contributed by atoms with Crippen molar-refractivity contribution >= 4 is 34.6 Å². The minimum absolute atomic E-state index is 0.0464. The molecule has 3 rings (SSSR count). The number of nitro benzene ring substituents is 1. The van der Waals surface area contributed by atoms with Gasteiger partial charge in [-0.05, 0) is 24.6 Å². The maximum atomic E-state index is 12.9. The summed E-state index contributed by atoms with van der Waals surface area (Å²) >= 11 is 5.79. The van der Waals surface area contributed by atoms with Crippen molar-refractivity contribution in [3.63, 3.8) is 0 Å². The molecule has 32 heavy (non-hydrogen) atoms. The van der Waals surface area contributed by atoms with E-state index < -0.39 is 22.0 Å².